The zero-order valence-electron chi connectivity index (χ0n) is 25.6. The predicted molar refractivity (Wildman–Crippen MR) is 176 cm³/mol. The number of carboxylic acid groups (broad SMARTS) is 1. The van der Waals surface area contributed by atoms with Gasteiger partial charge in [0.15, 0.2) is 0 Å². The van der Waals surface area contributed by atoms with Crippen LogP contribution in [-0.2, 0) is 11.3 Å². The van der Waals surface area contributed by atoms with Crippen molar-refractivity contribution in [3.8, 4) is 28.2 Å². The zero-order chi connectivity index (χ0) is 33.7. The molecule has 0 radical (unpaired) electrons. The molecule has 1 aliphatic rings. The summed E-state index contributed by atoms with van der Waals surface area (Å²) in [6.07, 6.45) is 4.57. The highest BCUT2D eigenvalue weighted by molar-refractivity contribution is 5.91. The minimum Gasteiger partial charge on any atom is -0.475 e. The van der Waals surface area contributed by atoms with Gasteiger partial charge in [-0.2, -0.15) is 13.2 Å². The van der Waals surface area contributed by atoms with E-state index in [1.165, 1.54) is 5.56 Å². The number of carboxylic acids is 1. The minimum atomic E-state index is -5.08. The van der Waals surface area contributed by atoms with Crippen molar-refractivity contribution in [3.63, 3.8) is 0 Å². The normalized spacial score (nSPS) is 14.0. The van der Waals surface area contributed by atoms with E-state index < -0.39 is 12.1 Å². The number of H-pyrrole nitrogens is 1. The second-order valence-electron chi connectivity index (χ2n) is 11.4. The summed E-state index contributed by atoms with van der Waals surface area (Å²) in [6, 6.07) is 28.6. The molecule has 4 aromatic heterocycles. The van der Waals surface area contributed by atoms with Crippen LogP contribution in [-0.4, -0.2) is 59.7 Å². The number of alkyl halides is 3. The lowest BCUT2D eigenvalue weighted by Crippen LogP contribution is -2.32. The molecule has 1 fully saturated rings. The Morgan fingerprint density at radius 2 is 1.62 bits per heavy atom. The number of hydrogen-bond donors (Lipinski definition) is 2. The fourth-order valence-corrected chi connectivity index (χ4v) is 5.76. The Kier molecular flexibility index (Phi) is 9.44. The molecule has 1 saturated heterocycles. The Bertz CT molecular complexity index is 2060. The Hall–Kier alpha value is -5.62. The molecule has 9 nitrogen and oxygen atoms in total. The van der Waals surface area contributed by atoms with Crippen molar-refractivity contribution in [1.29, 1.82) is 0 Å². The van der Waals surface area contributed by atoms with Gasteiger partial charge < -0.3 is 10.1 Å². The molecular weight excluding hydrogens is 621 g/mol. The van der Waals surface area contributed by atoms with Gasteiger partial charge in [-0.3, -0.25) is 14.3 Å². The zero-order valence-corrected chi connectivity index (χ0v) is 25.6. The predicted octanol–water partition coefficient (Wildman–Crippen LogP) is 6.85. The first-order valence-corrected chi connectivity index (χ1v) is 15.3. The van der Waals surface area contributed by atoms with E-state index in [1.807, 2.05) is 65.6 Å². The molecule has 2 aromatic carbocycles. The third-order valence-electron chi connectivity index (χ3n) is 8.24. The molecule has 12 heteroatoms. The molecule has 0 bridgehead atoms. The fraction of sp³-hybridized carbons (Fsp3) is 0.194. The second-order valence-corrected chi connectivity index (χ2v) is 11.4. The number of aromatic amines is 1. The molecule has 244 valence electrons. The van der Waals surface area contributed by atoms with Gasteiger partial charge in [0.1, 0.15) is 12.1 Å². The number of fused-ring (bicyclic) bond motifs is 1. The highest BCUT2D eigenvalue weighted by Gasteiger charge is 2.38. The van der Waals surface area contributed by atoms with Gasteiger partial charge in [-0.05, 0) is 61.3 Å². The van der Waals surface area contributed by atoms with Crippen LogP contribution >= 0.6 is 0 Å². The van der Waals surface area contributed by atoms with Crippen molar-refractivity contribution in [2.45, 2.75) is 31.5 Å². The number of nitrogens with zero attached hydrogens (tertiary/aromatic N) is 5. The highest BCUT2D eigenvalue weighted by Crippen LogP contribution is 2.33. The van der Waals surface area contributed by atoms with Crippen LogP contribution in [0.1, 0.15) is 30.0 Å². The number of halogens is 3. The summed E-state index contributed by atoms with van der Waals surface area (Å²) >= 11 is 0. The van der Waals surface area contributed by atoms with E-state index in [0.717, 1.165) is 66.4 Å². The number of likely N-dealkylation sites (tertiary alicyclic amines) is 1. The van der Waals surface area contributed by atoms with Gasteiger partial charge in [0.2, 0.25) is 0 Å². The highest BCUT2D eigenvalue weighted by atomic mass is 19.4. The lowest BCUT2D eigenvalue weighted by molar-refractivity contribution is -0.192. The summed E-state index contributed by atoms with van der Waals surface area (Å²) in [4.78, 5) is 40.8. The van der Waals surface area contributed by atoms with Crippen LogP contribution in [0, 0.1) is 0 Å². The van der Waals surface area contributed by atoms with E-state index in [-0.39, 0.29) is 5.56 Å². The van der Waals surface area contributed by atoms with Crippen molar-refractivity contribution >= 4 is 16.9 Å². The number of imidazole rings is 1. The molecule has 5 heterocycles. The summed E-state index contributed by atoms with van der Waals surface area (Å²) in [5.41, 5.74) is 6.92. The number of nitrogens with one attached hydrogen (secondary N) is 1. The van der Waals surface area contributed by atoms with Crippen LogP contribution in [0.2, 0.25) is 0 Å². The molecule has 2 N–H and O–H groups in total. The topological polar surface area (TPSA) is 117 Å². The summed E-state index contributed by atoms with van der Waals surface area (Å²) in [5.74, 6) is -1.38. The van der Waals surface area contributed by atoms with E-state index >= 15 is 0 Å². The van der Waals surface area contributed by atoms with Gasteiger partial charge in [0, 0.05) is 42.2 Å². The standard InChI is InChI=1S/C34H30N6O.C2HF3O2/c41-34-29-20-28(25-6-2-1-3-7-25)33(38-30(29)13-17-36-34)27-11-9-24(10-12-27)21-39-18-14-26(15-19-39)31-22-40(23-37-31)32-8-4-5-16-35-32;3-2(4,5)1(6)7/h1-13,16-17,20,22-23,26H,14-15,18-19,21H2,(H,36,41);(H,6,7). The Morgan fingerprint density at radius 3 is 2.29 bits per heavy atom. The first-order valence-electron chi connectivity index (χ1n) is 15.3. The van der Waals surface area contributed by atoms with Crippen molar-refractivity contribution in [1.82, 2.24) is 29.4 Å². The number of hydrogen-bond acceptors (Lipinski definition) is 6. The Balaban J connectivity index is 0.000000519. The molecule has 48 heavy (non-hydrogen) atoms. The van der Waals surface area contributed by atoms with E-state index in [0.29, 0.717) is 16.8 Å². The van der Waals surface area contributed by atoms with E-state index in [4.69, 9.17) is 19.9 Å². The molecule has 0 aliphatic carbocycles. The van der Waals surface area contributed by atoms with Gasteiger partial charge in [0.05, 0.1) is 22.3 Å². The van der Waals surface area contributed by atoms with Crippen molar-refractivity contribution in [3.05, 3.63) is 131 Å². The van der Waals surface area contributed by atoms with E-state index in [1.54, 1.807) is 6.20 Å². The van der Waals surface area contributed by atoms with Gasteiger partial charge in [0.25, 0.3) is 5.56 Å². The molecule has 1 aliphatic heterocycles. The average Bonchev–Trinajstić information content (AvgIpc) is 3.60. The SMILES string of the molecule is O=C(O)C(F)(F)F.O=c1[nH]ccc2nc(-c3ccc(CN4CCC(c5cn(-c6ccccn6)cn5)CC4)cc3)c(-c3ccccc3)cc12. The van der Waals surface area contributed by atoms with Crippen molar-refractivity contribution in [2.24, 2.45) is 0 Å². The number of carbonyl (C=O) groups is 1. The van der Waals surface area contributed by atoms with Crippen LogP contribution in [0.4, 0.5) is 13.2 Å². The number of aromatic nitrogens is 5. The maximum Gasteiger partial charge on any atom is 0.490 e. The van der Waals surface area contributed by atoms with Gasteiger partial charge >= 0.3 is 12.1 Å². The van der Waals surface area contributed by atoms with Crippen LogP contribution in [0.3, 0.4) is 0 Å². The van der Waals surface area contributed by atoms with Gasteiger partial charge in [-0.25, -0.2) is 19.7 Å². The number of piperidine rings is 1. The lowest BCUT2D eigenvalue weighted by atomic mass is 9.93. The van der Waals surface area contributed by atoms with E-state index in [9.17, 15) is 18.0 Å². The summed E-state index contributed by atoms with van der Waals surface area (Å²) < 4.78 is 33.7. The second kappa shape index (κ2) is 14.0. The smallest absolute Gasteiger partial charge is 0.475 e. The van der Waals surface area contributed by atoms with E-state index in [2.05, 4.69) is 57.5 Å². The summed E-state index contributed by atoms with van der Waals surface area (Å²) in [6.45, 7) is 3.00. The molecule has 0 amide bonds. The van der Waals surface area contributed by atoms with Gasteiger partial charge in [-0.15, -0.1) is 0 Å². The Labute approximate surface area is 273 Å². The molecule has 0 saturated carbocycles. The molecule has 7 rings (SSSR count). The van der Waals surface area contributed by atoms with Crippen LogP contribution in [0.15, 0.2) is 115 Å². The maximum absolute atomic E-state index is 12.5. The van der Waals surface area contributed by atoms with Crippen LogP contribution < -0.4 is 5.56 Å². The average molecular weight is 653 g/mol. The monoisotopic (exact) mass is 652 g/mol. The van der Waals surface area contributed by atoms with Crippen molar-refractivity contribution < 1.29 is 23.1 Å². The third kappa shape index (κ3) is 7.50. The quantitative estimate of drug-likeness (QED) is 0.202. The fourth-order valence-electron chi connectivity index (χ4n) is 5.76. The number of rotatable bonds is 6. The number of benzene rings is 2. The van der Waals surface area contributed by atoms with Crippen LogP contribution in [0.5, 0.6) is 0 Å². The first kappa shape index (κ1) is 32.3. The largest absolute Gasteiger partial charge is 0.490 e. The third-order valence-corrected chi connectivity index (χ3v) is 8.24. The molecule has 0 atom stereocenters. The summed E-state index contributed by atoms with van der Waals surface area (Å²) in [7, 11) is 0. The number of aliphatic carboxylic acids is 1. The molecule has 0 spiro atoms. The summed E-state index contributed by atoms with van der Waals surface area (Å²) in [5, 5.41) is 7.72. The van der Waals surface area contributed by atoms with Crippen LogP contribution in [0.25, 0.3) is 39.1 Å². The Morgan fingerprint density at radius 1 is 0.917 bits per heavy atom. The first-order chi connectivity index (χ1) is 23.2. The maximum atomic E-state index is 12.5. The van der Waals surface area contributed by atoms with Gasteiger partial charge in [-0.1, -0.05) is 60.7 Å². The lowest BCUT2D eigenvalue weighted by Gasteiger charge is -2.31. The minimum absolute atomic E-state index is 0.126. The molecular formula is C36H31F3N6O3. The number of pyridine rings is 3. The van der Waals surface area contributed by atoms with Crippen molar-refractivity contribution in [2.75, 3.05) is 13.1 Å². The molecule has 0 unspecified atom stereocenters. The molecule has 6 aromatic rings.